The highest BCUT2D eigenvalue weighted by Gasteiger charge is 2.42. The molecule has 142 valence electrons. The first kappa shape index (κ1) is 21.5. The number of nitrogens with zero attached hydrogens (tertiary/aromatic N) is 3. The van der Waals surface area contributed by atoms with E-state index in [4.69, 9.17) is 11.5 Å². The van der Waals surface area contributed by atoms with Gasteiger partial charge < -0.3 is 21.3 Å². The molecule has 2 aliphatic heterocycles. The van der Waals surface area contributed by atoms with Crippen molar-refractivity contribution < 1.29 is 13.6 Å². The van der Waals surface area contributed by atoms with Crippen molar-refractivity contribution >= 4 is 48.0 Å². The van der Waals surface area contributed by atoms with Crippen LogP contribution in [0.5, 0.6) is 0 Å². The topological polar surface area (TPSA) is 88.5 Å². The van der Waals surface area contributed by atoms with Crippen LogP contribution in [0.3, 0.4) is 0 Å². The van der Waals surface area contributed by atoms with Gasteiger partial charge in [-0.05, 0) is 25.0 Å². The Morgan fingerprint density at radius 3 is 2.56 bits per heavy atom. The van der Waals surface area contributed by atoms with Crippen molar-refractivity contribution in [2.45, 2.75) is 25.2 Å². The molecule has 0 spiro atoms. The third-order valence-electron chi connectivity index (χ3n) is 4.52. The molecule has 0 unspecified atom stereocenters. The zero-order chi connectivity index (χ0) is 16.6. The number of alkyl halides is 2. The van der Waals surface area contributed by atoms with Crippen molar-refractivity contribution in [3.8, 4) is 0 Å². The summed E-state index contributed by atoms with van der Waals surface area (Å²) in [6.07, 6.45) is 1.28. The van der Waals surface area contributed by atoms with Gasteiger partial charge in [0, 0.05) is 26.1 Å². The fourth-order valence-corrected chi connectivity index (χ4v) is 3.22. The minimum Gasteiger partial charge on any atom is -0.396 e. The van der Waals surface area contributed by atoms with E-state index in [0.717, 1.165) is 13.0 Å². The second-order valence-corrected chi connectivity index (χ2v) is 6.29. The van der Waals surface area contributed by atoms with Gasteiger partial charge in [-0.3, -0.25) is 4.79 Å². The number of anilines is 3. The number of nitrogens with two attached hydrogens (primary N) is 2. The third-order valence-corrected chi connectivity index (χ3v) is 4.52. The molecule has 1 aromatic rings. The maximum absolute atomic E-state index is 13.3. The molecule has 0 radical (unpaired) electrons. The lowest BCUT2D eigenvalue weighted by molar-refractivity contribution is -0.136. The number of hydrogen-bond donors (Lipinski definition) is 2. The van der Waals surface area contributed by atoms with Gasteiger partial charge in [-0.1, -0.05) is 0 Å². The summed E-state index contributed by atoms with van der Waals surface area (Å²) in [4.78, 5) is 20.0. The van der Waals surface area contributed by atoms with Gasteiger partial charge in [0.1, 0.15) is 11.6 Å². The van der Waals surface area contributed by atoms with Crippen molar-refractivity contribution in [3.05, 3.63) is 12.1 Å². The van der Waals surface area contributed by atoms with Gasteiger partial charge in [0.05, 0.1) is 18.2 Å². The smallest absolute Gasteiger partial charge is 0.267 e. The van der Waals surface area contributed by atoms with Crippen molar-refractivity contribution in [2.75, 3.05) is 42.5 Å². The Balaban J connectivity index is 0.00000156. The predicted octanol–water partition coefficient (Wildman–Crippen LogP) is 2.17. The second kappa shape index (κ2) is 8.23. The molecular formula is C15H23Cl2F2N5O. The molecule has 0 bridgehead atoms. The van der Waals surface area contributed by atoms with Crippen molar-refractivity contribution in [1.29, 1.82) is 0 Å². The number of nitrogen functional groups attached to an aromatic ring is 2. The van der Waals surface area contributed by atoms with Gasteiger partial charge >= 0.3 is 0 Å². The molecule has 0 saturated carbocycles. The Morgan fingerprint density at radius 1 is 1.24 bits per heavy atom. The molecule has 1 aromatic heterocycles. The summed E-state index contributed by atoms with van der Waals surface area (Å²) in [5.74, 6) is -2.29. The van der Waals surface area contributed by atoms with E-state index in [1.807, 2.05) is 4.90 Å². The molecule has 6 nitrogen and oxygen atoms in total. The molecule has 3 rings (SSSR count). The molecule has 0 aliphatic carbocycles. The molecule has 10 heteroatoms. The fraction of sp³-hybridized carbons (Fsp3) is 0.600. The standard InChI is InChI=1S/C15H21F2N5O.2ClH/c16-15(17)5-7-22(9-15)14(23)10-2-1-6-21(8-10)12-4-3-11(18)13(19)20-12;;/h3-4,10H,1-2,5-9,18H2,(H2,19,20);2*1H/t10-;;/m1../s1. The van der Waals surface area contributed by atoms with Gasteiger partial charge in [-0.2, -0.15) is 0 Å². The average Bonchev–Trinajstić information content (AvgIpc) is 2.89. The largest absolute Gasteiger partial charge is 0.396 e. The van der Waals surface area contributed by atoms with E-state index in [0.29, 0.717) is 24.5 Å². The first-order valence-corrected chi connectivity index (χ1v) is 7.79. The number of hydrogen-bond acceptors (Lipinski definition) is 5. The van der Waals surface area contributed by atoms with Gasteiger partial charge in [0.25, 0.3) is 5.92 Å². The molecule has 25 heavy (non-hydrogen) atoms. The molecule has 2 saturated heterocycles. The second-order valence-electron chi connectivity index (χ2n) is 6.29. The molecule has 2 fully saturated rings. The van der Waals surface area contributed by atoms with E-state index in [9.17, 15) is 13.6 Å². The van der Waals surface area contributed by atoms with Crippen molar-refractivity contribution in [3.63, 3.8) is 0 Å². The molecule has 0 aromatic carbocycles. The summed E-state index contributed by atoms with van der Waals surface area (Å²) in [5.41, 5.74) is 11.8. The van der Waals surface area contributed by atoms with Crippen LogP contribution in [0.4, 0.5) is 26.1 Å². The number of rotatable bonds is 2. The van der Waals surface area contributed by atoms with E-state index >= 15 is 0 Å². The van der Waals surface area contributed by atoms with Crippen LogP contribution in [0.25, 0.3) is 0 Å². The van der Waals surface area contributed by atoms with Crippen LogP contribution in [-0.2, 0) is 4.79 Å². The first-order valence-electron chi connectivity index (χ1n) is 7.79. The lowest BCUT2D eigenvalue weighted by atomic mass is 9.96. The molecule has 2 aliphatic rings. The lowest BCUT2D eigenvalue weighted by Crippen LogP contribution is -2.45. The number of carbonyl (C=O) groups excluding carboxylic acids is 1. The fourth-order valence-electron chi connectivity index (χ4n) is 3.22. The quantitative estimate of drug-likeness (QED) is 0.797. The summed E-state index contributed by atoms with van der Waals surface area (Å²) in [6, 6.07) is 3.45. The number of likely N-dealkylation sites (tertiary alicyclic amines) is 1. The monoisotopic (exact) mass is 397 g/mol. The van der Waals surface area contributed by atoms with E-state index in [-0.39, 0.29) is 55.4 Å². The highest BCUT2D eigenvalue weighted by atomic mass is 35.5. The summed E-state index contributed by atoms with van der Waals surface area (Å²) < 4.78 is 26.6. The van der Waals surface area contributed by atoms with Crippen LogP contribution in [-0.4, -0.2) is 47.9 Å². The number of carbonyl (C=O) groups is 1. The Labute approximate surface area is 157 Å². The summed E-state index contributed by atoms with van der Waals surface area (Å²) in [5, 5.41) is 0. The summed E-state index contributed by atoms with van der Waals surface area (Å²) in [7, 11) is 0. The van der Waals surface area contributed by atoms with Crippen LogP contribution < -0.4 is 16.4 Å². The molecule has 4 N–H and O–H groups in total. The number of pyridine rings is 1. The third kappa shape index (κ3) is 4.76. The number of aromatic nitrogens is 1. The van der Waals surface area contributed by atoms with Crippen LogP contribution in [0.1, 0.15) is 19.3 Å². The Hall–Kier alpha value is -1.54. The molecule has 1 atom stereocenters. The zero-order valence-electron chi connectivity index (χ0n) is 13.7. The minimum absolute atomic E-state index is 0. The van der Waals surface area contributed by atoms with Gasteiger partial charge in [0.15, 0.2) is 0 Å². The SMILES string of the molecule is Cl.Cl.Nc1ccc(N2CCC[C@@H](C(=O)N3CCC(F)(F)C3)C2)nc1N. The predicted molar refractivity (Wildman–Crippen MR) is 98.6 cm³/mol. The van der Waals surface area contributed by atoms with E-state index < -0.39 is 12.5 Å². The average molecular weight is 398 g/mol. The molecular weight excluding hydrogens is 375 g/mol. The van der Waals surface area contributed by atoms with Crippen LogP contribution in [0, 0.1) is 5.92 Å². The Bertz CT molecular complexity index is 620. The van der Waals surface area contributed by atoms with E-state index in [1.54, 1.807) is 12.1 Å². The number of amides is 1. The number of halogens is 4. The lowest BCUT2D eigenvalue weighted by Gasteiger charge is -2.34. The Morgan fingerprint density at radius 2 is 1.96 bits per heavy atom. The molecule has 1 amide bonds. The first-order chi connectivity index (χ1) is 10.9. The van der Waals surface area contributed by atoms with Crippen LogP contribution in [0.15, 0.2) is 12.1 Å². The maximum atomic E-state index is 13.3. The van der Waals surface area contributed by atoms with E-state index in [2.05, 4.69) is 4.98 Å². The highest BCUT2D eigenvalue weighted by Crippen LogP contribution is 2.30. The number of piperidine rings is 1. The van der Waals surface area contributed by atoms with Crippen LogP contribution >= 0.6 is 24.8 Å². The normalized spacial score (nSPS) is 22.1. The van der Waals surface area contributed by atoms with Gasteiger partial charge in [-0.15, -0.1) is 24.8 Å². The summed E-state index contributed by atoms with van der Waals surface area (Å²) >= 11 is 0. The van der Waals surface area contributed by atoms with Gasteiger partial charge in [0.2, 0.25) is 5.91 Å². The van der Waals surface area contributed by atoms with Crippen molar-refractivity contribution in [1.82, 2.24) is 9.88 Å². The van der Waals surface area contributed by atoms with Crippen LogP contribution in [0.2, 0.25) is 0 Å². The van der Waals surface area contributed by atoms with Gasteiger partial charge in [-0.25, -0.2) is 13.8 Å². The van der Waals surface area contributed by atoms with E-state index in [1.165, 1.54) is 4.90 Å². The molecule has 3 heterocycles. The highest BCUT2D eigenvalue weighted by molar-refractivity contribution is 5.85. The zero-order valence-corrected chi connectivity index (χ0v) is 15.3. The Kier molecular flexibility index (Phi) is 7.08. The summed E-state index contributed by atoms with van der Waals surface area (Å²) in [6.45, 7) is 0.901. The van der Waals surface area contributed by atoms with Crippen molar-refractivity contribution in [2.24, 2.45) is 5.92 Å². The maximum Gasteiger partial charge on any atom is 0.267 e. The minimum atomic E-state index is -2.75.